The Bertz CT molecular complexity index is 571. The summed E-state index contributed by atoms with van der Waals surface area (Å²) in [6.45, 7) is -0.300. The largest absolute Gasteiger partial charge is 0.561 e. The topological polar surface area (TPSA) is 78.8 Å². The van der Waals surface area contributed by atoms with E-state index in [0.29, 0.717) is 0 Å². The lowest BCUT2D eigenvalue weighted by molar-refractivity contribution is -1.24. The maximum atomic E-state index is 11.6. The van der Waals surface area contributed by atoms with Gasteiger partial charge in [0, 0.05) is 6.42 Å². The van der Waals surface area contributed by atoms with Crippen molar-refractivity contribution in [2.75, 3.05) is 6.54 Å². The zero-order valence-corrected chi connectivity index (χ0v) is 11.2. The minimum atomic E-state index is -2.10. The number of carbonyl (C=O) groups excluding carboxylic acids is 1. The van der Waals surface area contributed by atoms with Gasteiger partial charge in [-0.2, -0.15) is 5.21 Å². The van der Waals surface area contributed by atoms with E-state index >= 15 is 0 Å². The third-order valence-corrected chi connectivity index (χ3v) is 2.76. The molecule has 110 valence electrons. The lowest BCUT2D eigenvalue weighted by Crippen LogP contribution is -2.40. The molecule has 0 aromatic heterocycles. The van der Waals surface area contributed by atoms with Gasteiger partial charge >= 0.3 is 5.97 Å². The Morgan fingerprint density at radius 2 is 1.62 bits per heavy atom. The van der Waals surface area contributed by atoms with E-state index in [1.165, 1.54) is 12.1 Å². The lowest BCUT2D eigenvalue weighted by atomic mass is 10.2. The molecule has 0 spiro atoms. The molecule has 21 heavy (non-hydrogen) atoms. The van der Waals surface area contributed by atoms with Crippen molar-refractivity contribution in [2.45, 2.75) is 6.42 Å². The number of carbonyl (C=O) groups is 1. The summed E-state index contributed by atoms with van der Waals surface area (Å²) in [6, 6.07) is 17.2. The summed E-state index contributed by atoms with van der Waals surface area (Å²) in [4.78, 5) is 18.1. The van der Waals surface area contributed by atoms with Gasteiger partial charge in [-0.15, -0.1) is 0 Å². The molecule has 2 aromatic carbocycles. The average Bonchev–Trinajstić information content (AvgIpc) is 2.53. The number of rotatable bonds is 6. The molecule has 2 rings (SSSR count). The summed E-state index contributed by atoms with van der Waals surface area (Å²) in [5.41, 5.74) is 1.09. The first-order chi connectivity index (χ1) is 10.1. The molecule has 0 aliphatic heterocycles. The summed E-state index contributed by atoms with van der Waals surface area (Å²) in [5.74, 6) is -0.845. The minimum Gasteiger partial charge on any atom is -0.561 e. The van der Waals surface area contributed by atoms with E-state index in [2.05, 4.69) is 9.88 Å². The number of quaternary nitrogens is 1. The van der Waals surface area contributed by atoms with Crippen LogP contribution in [-0.4, -0.2) is 22.7 Å². The SMILES string of the molecule is O=C(OO[N+]([O-])(O)CCc1ccccc1)c1ccccc1. The fourth-order valence-electron chi connectivity index (χ4n) is 1.67. The van der Waals surface area contributed by atoms with Crippen LogP contribution in [-0.2, 0) is 16.3 Å². The molecule has 1 atom stereocenters. The van der Waals surface area contributed by atoms with Crippen LogP contribution in [0.1, 0.15) is 15.9 Å². The van der Waals surface area contributed by atoms with Crippen molar-refractivity contribution in [3.8, 4) is 0 Å². The predicted molar refractivity (Wildman–Crippen MR) is 73.4 cm³/mol. The van der Waals surface area contributed by atoms with Crippen molar-refractivity contribution in [1.82, 2.24) is 0 Å². The molecular weight excluding hydrogens is 274 g/mol. The van der Waals surface area contributed by atoms with Crippen LogP contribution in [0, 0.1) is 5.21 Å². The Kier molecular flexibility index (Phi) is 5.02. The van der Waals surface area contributed by atoms with Crippen molar-refractivity contribution in [3.05, 3.63) is 77.0 Å². The van der Waals surface area contributed by atoms with E-state index in [9.17, 15) is 15.2 Å². The van der Waals surface area contributed by atoms with Gasteiger partial charge in [0.15, 0.2) is 6.54 Å². The number of benzene rings is 2. The Balaban J connectivity index is 1.82. The van der Waals surface area contributed by atoms with Gasteiger partial charge in [0.05, 0.1) is 10.6 Å². The van der Waals surface area contributed by atoms with Gasteiger partial charge < -0.3 is 5.21 Å². The Morgan fingerprint density at radius 3 is 2.24 bits per heavy atom. The highest BCUT2D eigenvalue weighted by molar-refractivity contribution is 5.88. The van der Waals surface area contributed by atoms with Crippen molar-refractivity contribution in [2.24, 2.45) is 0 Å². The number of nitrogens with zero attached hydrogens (tertiary/aromatic N) is 1. The van der Waals surface area contributed by atoms with E-state index in [1.54, 1.807) is 18.2 Å². The molecule has 2 aromatic rings. The molecule has 0 radical (unpaired) electrons. The maximum absolute atomic E-state index is 11.6. The van der Waals surface area contributed by atoms with Gasteiger partial charge in [-0.1, -0.05) is 48.5 Å². The molecule has 0 heterocycles. The van der Waals surface area contributed by atoms with Crippen LogP contribution < -0.4 is 0 Å². The molecular formula is C15H15NO5. The molecule has 0 bridgehead atoms. The molecule has 1 unspecified atom stereocenters. The number of hydrogen-bond donors (Lipinski definition) is 1. The highest BCUT2D eigenvalue weighted by atomic mass is 17.4. The zero-order chi connectivity index (χ0) is 15.1. The van der Waals surface area contributed by atoms with Crippen LogP contribution in [0.2, 0.25) is 0 Å². The van der Waals surface area contributed by atoms with E-state index < -0.39 is 10.9 Å². The first kappa shape index (κ1) is 15.1. The molecule has 0 fully saturated rings. The van der Waals surface area contributed by atoms with Crippen LogP contribution >= 0.6 is 0 Å². The third-order valence-electron chi connectivity index (χ3n) is 2.76. The Labute approximate surface area is 121 Å². The summed E-state index contributed by atoms with van der Waals surface area (Å²) in [7, 11) is 0. The zero-order valence-electron chi connectivity index (χ0n) is 11.2. The summed E-state index contributed by atoms with van der Waals surface area (Å²) >= 11 is 0. The van der Waals surface area contributed by atoms with Gasteiger partial charge in [-0.25, -0.2) is 9.68 Å². The quantitative estimate of drug-likeness (QED) is 0.502. The van der Waals surface area contributed by atoms with Crippen molar-refractivity contribution in [1.29, 1.82) is 0 Å². The molecule has 1 N–H and O–H groups in total. The Morgan fingerprint density at radius 1 is 1.05 bits per heavy atom. The van der Waals surface area contributed by atoms with Crippen molar-refractivity contribution >= 4 is 5.97 Å². The molecule has 0 saturated carbocycles. The van der Waals surface area contributed by atoms with Gasteiger partial charge in [-0.05, 0) is 22.7 Å². The van der Waals surface area contributed by atoms with Crippen LogP contribution in [0.4, 0.5) is 0 Å². The highest BCUT2D eigenvalue weighted by Crippen LogP contribution is 2.09. The summed E-state index contributed by atoms with van der Waals surface area (Å²) in [5, 5.41) is 21.1. The second-order valence-corrected chi connectivity index (χ2v) is 4.41. The molecule has 0 aliphatic carbocycles. The van der Waals surface area contributed by atoms with E-state index in [-0.39, 0.29) is 18.5 Å². The summed E-state index contributed by atoms with van der Waals surface area (Å²) < 4.78 is 0. The minimum absolute atomic E-state index is 0.223. The van der Waals surface area contributed by atoms with Gasteiger partial charge in [0.1, 0.15) is 0 Å². The standard InChI is InChI=1S/C15H15NO5/c17-15(14-9-5-2-6-10-14)20-21-16(18,19)12-11-13-7-3-1-4-8-13/h1-10,18H,11-12H2. The van der Waals surface area contributed by atoms with Gasteiger partial charge in [-0.3, -0.25) is 0 Å². The predicted octanol–water partition coefficient (Wildman–Crippen LogP) is 2.64. The number of hydroxylamine groups is 3. The molecule has 6 nitrogen and oxygen atoms in total. The van der Waals surface area contributed by atoms with E-state index in [1.807, 2.05) is 30.3 Å². The van der Waals surface area contributed by atoms with Crippen LogP contribution in [0.25, 0.3) is 0 Å². The van der Waals surface area contributed by atoms with Gasteiger partial charge in [0.25, 0.3) is 0 Å². The average molecular weight is 289 g/mol. The molecule has 0 amide bonds. The van der Waals surface area contributed by atoms with E-state index in [0.717, 1.165) is 5.56 Å². The fourth-order valence-corrected chi connectivity index (χ4v) is 1.67. The van der Waals surface area contributed by atoms with E-state index in [4.69, 9.17) is 0 Å². The van der Waals surface area contributed by atoms with Crippen LogP contribution in [0.5, 0.6) is 0 Å². The molecule has 0 saturated heterocycles. The second-order valence-electron chi connectivity index (χ2n) is 4.41. The smallest absolute Gasteiger partial charge is 0.379 e. The normalized spacial score (nSPS) is 13.4. The van der Waals surface area contributed by atoms with Crippen molar-refractivity contribution in [3.63, 3.8) is 0 Å². The number of hydrogen-bond acceptors (Lipinski definition) is 5. The van der Waals surface area contributed by atoms with Gasteiger partial charge in [0.2, 0.25) is 0 Å². The fraction of sp³-hybridized carbons (Fsp3) is 0.133. The second kappa shape index (κ2) is 6.96. The first-order valence-electron chi connectivity index (χ1n) is 6.38. The molecule has 6 heteroatoms. The summed E-state index contributed by atoms with van der Waals surface area (Å²) in [6.07, 6.45) is 0.281. The lowest BCUT2D eigenvalue weighted by Gasteiger charge is -2.26. The Hall–Kier alpha value is -2.25. The van der Waals surface area contributed by atoms with Crippen molar-refractivity contribution < 1.29 is 24.9 Å². The van der Waals surface area contributed by atoms with Crippen LogP contribution in [0.15, 0.2) is 60.7 Å². The molecule has 0 aliphatic rings. The maximum Gasteiger partial charge on any atom is 0.379 e. The monoisotopic (exact) mass is 289 g/mol. The van der Waals surface area contributed by atoms with Crippen LogP contribution in [0.3, 0.4) is 0 Å². The first-order valence-corrected chi connectivity index (χ1v) is 6.38. The third kappa shape index (κ3) is 4.97. The highest BCUT2D eigenvalue weighted by Gasteiger charge is 2.21.